The van der Waals surface area contributed by atoms with Crippen molar-refractivity contribution in [2.24, 2.45) is 10.7 Å². The molecule has 0 spiro atoms. The van der Waals surface area contributed by atoms with Gasteiger partial charge in [0.25, 0.3) is 0 Å². The molecule has 1 aromatic heterocycles. The lowest BCUT2D eigenvalue weighted by Crippen LogP contribution is -2.24. The Hall–Kier alpha value is -1.15. The van der Waals surface area contributed by atoms with Crippen molar-refractivity contribution in [1.29, 1.82) is 0 Å². The van der Waals surface area contributed by atoms with Gasteiger partial charge in [0.2, 0.25) is 0 Å². The van der Waals surface area contributed by atoms with Crippen LogP contribution >= 0.6 is 35.3 Å². The Balaban J connectivity index is 0.00000192. The normalized spacial score (nSPS) is 14.0. The zero-order valence-electron chi connectivity index (χ0n) is 13.3. The Morgan fingerprint density at radius 1 is 1.35 bits per heavy atom. The number of hydrogen-bond acceptors (Lipinski definition) is 3. The minimum atomic E-state index is 0. The highest BCUT2D eigenvalue weighted by Gasteiger charge is 2.13. The lowest BCUT2D eigenvalue weighted by molar-refractivity contribution is 0.687. The van der Waals surface area contributed by atoms with E-state index >= 15 is 0 Å². The molecule has 0 aliphatic heterocycles. The van der Waals surface area contributed by atoms with E-state index in [2.05, 4.69) is 45.8 Å². The molecule has 1 aliphatic rings. The number of aliphatic imine (C=N–C) groups is 1. The number of aryl methyl sites for hydroxylation is 2. The van der Waals surface area contributed by atoms with Crippen LogP contribution in [0.4, 0.5) is 5.69 Å². The van der Waals surface area contributed by atoms with Crippen molar-refractivity contribution in [2.75, 3.05) is 5.32 Å². The first kappa shape index (κ1) is 18.2. The molecule has 1 heterocycles. The van der Waals surface area contributed by atoms with E-state index in [4.69, 9.17) is 5.73 Å². The number of benzene rings is 1. The second-order valence-corrected chi connectivity index (χ2v) is 6.51. The zero-order chi connectivity index (χ0) is 15.4. The lowest BCUT2D eigenvalue weighted by Gasteiger charge is -2.19. The first-order valence-corrected chi connectivity index (χ1v) is 8.75. The van der Waals surface area contributed by atoms with Crippen molar-refractivity contribution in [3.05, 3.63) is 45.4 Å². The van der Waals surface area contributed by atoms with E-state index in [-0.39, 0.29) is 24.0 Å². The molecule has 1 aromatic carbocycles. The van der Waals surface area contributed by atoms with Crippen LogP contribution in [0.25, 0.3) is 0 Å². The number of aromatic nitrogens is 1. The quantitative estimate of drug-likeness (QED) is 0.425. The number of guanidine groups is 1. The van der Waals surface area contributed by atoms with Gasteiger partial charge < -0.3 is 11.1 Å². The molecule has 0 radical (unpaired) electrons. The Morgan fingerprint density at radius 2 is 2.17 bits per heavy atom. The van der Waals surface area contributed by atoms with Gasteiger partial charge in [0.15, 0.2) is 5.96 Å². The van der Waals surface area contributed by atoms with Crippen LogP contribution in [0.3, 0.4) is 0 Å². The van der Waals surface area contributed by atoms with Gasteiger partial charge in [-0.15, -0.1) is 35.3 Å². The van der Waals surface area contributed by atoms with Crippen LogP contribution in [0.2, 0.25) is 0 Å². The summed E-state index contributed by atoms with van der Waals surface area (Å²) in [5.41, 5.74) is 11.0. The Kier molecular flexibility index (Phi) is 6.83. The molecule has 23 heavy (non-hydrogen) atoms. The predicted octanol–water partition coefficient (Wildman–Crippen LogP) is 4.13. The second kappa shape index (κ2) is 8.63. The van der Waals surface area contributed by atoms with Gasteiger partial charge >= 0.3 is 0 Å². The number of halogens is 1. The van der Waals surface area contributed by atoms with Crippen molar-refractivity contribution in [2.45, 2.75) is 45.6 Å². The van der Waals surface area contributed by atoms with Gasteiger partial charge in [-0.1, -0.05) is 19.1 Å². The van der Waals surface area contributed by atoms with Gasteiger partial charge in [-0.25, -0.2) is 9.98 Å². The average molecular weight is 442 g/mol. The molecular formula is C17H23IN4S. The fourth-order valence-electron chi connectivity index (χ4n) is 2.83. The number of hydrogen-bond donors (Lipinski definition) is 2. The van der Waals surface area contributed by atoms with Gasteiger partial charge in [0.1, 0.15) is 0 Å². The van der Waals surface area contributed by atoms with Crippen molar-refractivity contribution in [3.8, 4) is 0 Å². The van der Waals surface area contributed by atoms with Crippen molar-refractivity contribution < 1.29 is 0 Å². The number of nitrogens with one attached hydrogen (secondary N) is 1. The first-order chi connectivity index (χ1) is 10.8. The van der Waals surface area contributed by atoms with Crippen LogP contribution in [-0.2, 0) is 25.8 Å². The molecule has 124 valence electrons. The topological polar surface area (TPSA) is 63.3 Å². The summed E-state index contributed by atoms with van der Waals surface area (Å²) in [7, 11) is 0. The molecule has 0 bridgehead atoms. The summed E-state index contributed by atoms with van der Waals surface area (Å²) in [6.45, 7) is 2.64. The van der Waals surface area contributed by atoms with Crippen LogP contribution in [0.1, 0.15) is 41.6 Å². The standard InChI is InChI=1S/C17H22N4S.HI/c1-2-16-20-13(11-22-16)10-19-17(18)21-15-9-5-7-12-6-3-4-8-14(12)15;/h5,7,9,11H,2-4,6,8,10H2,1H3,(H3,18,19,21);1H. The number of rotatable bonds is 4. The maximum atomic E-state index is 6.04. The van der Waals surface area contributed by atoms with Gasteiger partial charge in [-0.3, -0.25) is 0 Å². The smallest absolute Gasteiger partial charge is 0.193 e. The van der Waals surface area contributed by atoms with Crippen molar-refractivity contribution in [1.82, 2.24) is 4.98 Å². The molecule has 0 fully saturated rings. The summed E-state index contributed by atoms with van der Waals surface area (Å²) in [6, 6.07) is 6.40. The zero-order valence-corrected chi connectivity index (χ0v) is 16.5. The lowest BCUT2D eigenvalue weighted by atomic mass is 9.90. The maximum absolute atomic E-state index is 6.04. The summed E-state index contributed by atoms with van der Waals surface area (Å²) in [4.78, 5) is 8.92. The van der Waals surface area contributed by atoms with Gasteiger partial charge in [0, 0.05) is 11.1 Å². The molecular weight excluding hydrogens is 419 g/mol. The average Bonchev–Trinajstić information content (AvgIpc) is 3.01. The van der Waals surface area contributed by atoms with Gasteiger partial charge in [-0.2, -0.15) is 0 Å². The fraction of sp³-hybridized carbons (Fsp3) is 0.412. The van der Waals surface area contributed by atoms with Crippen LogP contribution in [0.5, 0.6) is 0 Å². The molecule has 0 saturated heterocycles. The SMILES string of the molecule is CCc1nc(CN=C(N)Nc2cccc3c2CCCC3)cs1.I. The molecule has 1 aliphatic carbocycles. The van der Waals surface area contributed by atoms with Crippen LogP contribution in [-0.4, -0.2) is 10.9 Å². The molecule has 0 saturated carbocycles. The number of nitrogens with zero attached hydrogens (tertiary/aromatic N) is 2. The van der Waals surface area contributed by atoms with Gasteiger partial charge in [-0.05, 0) is 49.3 Å². The van der Waals surface area contributed by atoms with Crippen LogP contribution in [0.15, 0.2) is 28.6 Å². The Labute approximate surface area is 158 Å². The molecule has 0 unspecified atom stereocenters. The third kappa shape index (κ3) is 4.67. The molecule has 6 heteroatoms. The van der Waals surface area contributed by atoms with Crippen LogP contribution < -0.4 is 11.1 Å². The largest absolute Gasteiger partial charge is 0.370 e. The minimum Gasteiger partial charge on any atom is -0.370 e. The summed E-state index contributed by atoms with van der Waals surface area (Å²) < 4.78 is 0. The fourth-order valence-corrected chi connectivity index (χ4v) is 3.56. The van der Waals surface area contributed by atoms with Gasteiger partial charge in [0.05, 0.1) is 17.2 Å². The van der Waals surface area contributed by atoms with E-state index in [0.29, 0.717) is 12.5 Å². The summed E-state index contributed by atoms with van der Waals surface area (Å²) >= 11 is 1.68. The highest BCUT2D eigenvalue weighted by Crippen LogP contribution is 2.27. The second-order valence-electron chi connectivity index (χ2n) is 5.56. The van der Waals surface area contributed by atoms with E-state index in [1.165, 1.54) is 30.4 Å². The molecule has 0 atom stereocenters. The molecule has 2 aromatic rings. The highest BCUT2D eigenvalue weighted by atomic mass is 127. The molecule has 3 rings (SSSR count). The number of nitrogens with two attached hydrogens (primary N) is 1. The third-order valence-corrected chi connectivity index (χ3v) is 5.01. The van der Waals surface area contributed by atoms with E-state index in [1.54, 1.807) is 11.3 Å². The summed E-state index contributed by atoms with van der Waals surface area (Å²) in [5.74, 6) is 0.463. The van der Waals surface area contributed by atoms with E-state index in [9.17, 15) is 0 Å². The van der Waals surface area contributed by atoms with Crippen molar-refractivity contribution >= 4 is 47.0 Å². The summed E-state index contributed by atoms with van der Waals surface area (Å²) in [6.07, 6.45) is 5.79. The molecule has 0 amide bonds. The molecule has 4 nitrogen and oxygen atoms in total. The third-order valence-electron chi connectivity index (χ3n) is 3.97. The van der Waals surface area contributed by atoms with E-state index in [1.807, 2.05) is 0 Å². The monoisotopic (exact) mass is 442 g/mol. The molecule has 3 N–H and O–H groups in total. The van der Waals surface area contributed by atoms with E-state index in [0.717, 1.165) is 29.2 Å². The Bertz CT molecular complexity index is 681. The summed E-state index contributed by atoms with van der Waals surface area (Å²) in [5, 5.41) is 6.47. The maximum Gasteiger partial charge on any atom is 0.193 e. The van der Waals surface area contributed by atoms with E-state index < -0.39 is 0 Å². The predicted molar refractivity (Wildman–Crippen MR) is 109 cm³/mol. The Morgan fingerprint density at radius 3 is 2.96 bits per heavy atom. The first-order valence-electron chi connectivity index (χ1n) is 7.87. The number of thiazole rings is 1. The van der Waals surface area contributed by atoms with Crippen molar-refractivity contribution in [3.63, 3.8) is 0 Å². The minimum absolute atomic E-state index is 0. The number of fused-ring (bicyclic) bond motifs is 1. The number of anilines is 1. The van der Waals surface area contributed by atoms with Crippen LogP contribution in [0, 0.1) is 0 Å². The highest BCUT2D eigenvalue weighted by molar-refractivity contribution is 14.0.